The quantitative estimate of drug-likeness (QED) is 0.719. The normalized spacial score (nSPS) is 15.6. The summed E-state index contributed by atoms with van der Waals surface area (Å²) in [5.74, 6) is 0.676. The number of rotatable bonds is 6. The van der Waals surface area contributed by atoms with Crippen LogP contribution in [0.15, 0.2) is 42.5 Å². The number of fused-ring (bicyclic) bond motifs is 1. The molecule has 0 spiro atoms. The first kappa shape index (κ1) is 20.4. The van der Waals surface area contributed by atoms with Crippen LogP contribution < -0.4 is 10.1 Å². The number of nitrogens with one attached hydrogen (secondary N) is 1. The van der Waals surface area contributed by atoms with Gasteiger partial charge >= 0.3 is 0 Å². The van der Waals surface area contributed by atoms with E-state index in [1.54, 1.807) is 0 Å². The van der Waals surface area contributed by atoms with Crippen molar-refractivity contribution in [3.8, 4) is 5.75 Å². The molecule has 3 nitrogen and oxygen atoms in total. The van der Waals surface area contributed by atoms with Crippen LogP contribution in [0, 0.1) is 0 Å². The molecule has 0 bridgehead atoms. The number of hydrogen-bond acceptors (Lipinski definition) is 2. The van der Waals surface area contributed by atoms with Crippen LogP contribution in [0.25, 0.3) is 0 Å². The van der Waals surface area contributed by atoms with Crippen molar-refractivity contribution in [1.82, 2.24) is 5.32 Å². The second-order valence-electron chi connectivity index (χ2n) is 8.90. The second kappa shape index (κ2) is 8.38. The van der Waals surface area contributed by atoms with Gasteiger partial charge < -0.3 is 10.1 Å². The second-order valence-corrected chi connectivity index (χ2v) is 8.90. The van der Waals surface area contributed by atoms with Crippen LogP contribution in [0.5, 0.6) is 5.75 Å². The molecule has 0 aromatic heterocycles. The highest BCUT2D eigenvalue weighted by molar-refractivity contribution is 5.81. The van der Waals surface area contributed by atoms with Gasteiger partial charge in [0.2, 0.25) is 0 Å². The summed E-state index contributed by atoms with van der Waals surface area (Å²) in [6.45, 7) is 10.6. The standard InChI is InChI=1S/C25H33NO2/c1-6-23(28-22-14-12-21(13-15-22)25(3,4)5)24(27)26-17(2)19-11-10-18-8-7-9-20(18)16-19/h10-17,23H,6-9H2,1-5H3,(H,26,27)/t17-,23+/m1/s1. The van der Waals surface area contributed by atoms with Crippen LogP contribution in [-0.2, 0) is 23.1 Å². The van der Waals surface area contributed by atoms with Gasteiger partial charge in [0.05, 0.1) is 6.04 Å². The lowest BCUT2D eigenvalue weighted by molar-refractivity contribution is -0.128. The molecular formula is C25H33NO2. The minimum Gasteiger partial charge on any atom is -0.481 e. The highest BCUT2D eigenvalue weighted by Gasteiger charge is 2.22. The van der Waals surface area contributed by atoms with Crippen molar-refractivity contribution in [3.05, 3.63) is 64.7 Å². The van der Waals surface area contributed by atoms with Crippen molar-refractivity contribution in [2.45, 2.75) is 77.9 Å². The molecular weight excluding hydrogens is 346 g/mol. The van der Waals surface area contributed by atoms with Crippen LogP contribution >= 0.6 is 0 Å². The van der Waals surface area contributed by atoms with Gasteiger partial charge in [-0.3, -0.25) is 4.79 Å². The van der Waals surface area contributed by atoms with E-state index in [2.05, 4.69) is 56.4 Å². The van der Waals surface area contributed by atoms with E-state index < -0.39 is 6.10 Å². The van der Waals surface area contributed by atoms with Gasteiger partial charge in [0.1, 0.15) is 5.75 Å². The van der Waals surface area contributed by atoms with Crippen molar-refractivity contribution in [2.75, 3.05) is 0 Å². The Bertz CT molecular complexity index is 817. The molecule has 0 saturated carbocycles. The van der Waals surface area contributed by atoms with Gasteiger partial charge in [-0.05, 0) is 72.4 Å². The molecule has 0 unspecified atom stereocenters. The first-order chi connectivity index (χ1) is 13.3. The van der Waals surface area contributed by atoms with Crippen LogP contribution in [0.1, 0.15) is 75.8 Å². The first-order valence-electron chi connectivity index (χ1n) is 10.5. The third-order valence-corrected chi connectivity index (χ3v) is 5.64. The van der Waals surface area contributed by atoms with Gasteiger partial charge in [-0.15, -0.1) is 0 Å². The summed E-state index contributed by atoms with van der Waals surface area (Å²) in [5, 5.41) is 3.13. The Morgan fingerprint density at radius 3 is 2.39 bits per heavy atom. The fourth-order valence-corrected chi connectivity index (χ4v) is 3.77. The third kappa shape index (κ3) is 4.76. The third-order valence-electron chi connectivity index (χ3n) is 5.64. The molecule has 1 N–H and O–H groups in total. The summed E-state index contributed by atoms with van der Waals surface area (Å²) in [6, 6.07) is 14.6. The van der Waals surface area contributed by atoms with Crippen LogP contribution in [-0.4, -0.2) is 12.0 Å². The molecule has 2 aromatic rings. The van der Waals surface area contributed by atoms with Crippen molar-refractivity contribution >= 4 is 5.91 Å². The van der Waals surface area contributed by atoms with Crippen molar-refractivity contribution < 1.29 is 9.53 Å². The first-order valence-corrected chi connectivity index (χ1v) is 10.5. The summed E-state index contributed by atoms with van der Waals surface area (Å²) in [4.78, 5) is 12.8. The Labute approximate surface area is 169 Å². The van der Waals surface area contributed by atoms with E-state index in [1.165, 1.54) is 35.1 Å². The van der Waals surface area contributed by atoms with Crippen molar-refractivity contribution in [2.24, 2.45) is 0 Å². The summed E-state index contributed by atoms with van der Waals surface area (Å²) < 4.78 is 5.99. The Hall–Kier alpha value is -2.29. The average Bonchev–Trinajstić information content (AvgIpc) is 3.13. The van der Waals surface area contributed by atoms with Crippen LogP contribution in [0.2, 0.25) is 0 Å². The molecule has 0 radical (unpaired) electrons. The zero-order valence-electron chi connectivity index (χ0n) is 17.8. The summed E-state index contributed by atoms with van der Waals surface area (Å²) in [6.07, 6.45) is 3.70. The number of hydrogen-bond donors (Lipinski definition) is 1. The van der Waals surface area contributed by atoms with Crippen molar-refractivity contribution in [1.29, 1.82) is 0 Å². The molecule has 0 heterocycles. The molecule has 150 valence electrons. The monoisotopic (exact) mass is 379 g/mol. The molecule has 0 fully saturated rings. The van der Waals surface area contributed by atoms with Gasteiger partial charge in [-0.25, -0.2) is 0 Å². The molecule has 28 heavy (non-hydrogen) atoms. The number of benzene rings is 2. The smallest absolute Gasteiger partial charge is 0.261 e. The maximum atomic E-state index is 12.8. The van der Waals surface area contributed by atoms with E-state index in [-0.39, 0.29) is 17.4 Å². The lowest BCUT2D eigenvalue weighted by Gasteiger charge is -2.22. The zero-order chi connectivity index (χ0) is 20.3. The lowest BCUT2D eigenvalue weighted by atomic mass is 9.87. The Balaban J connectivity index is 1.63. The zero-order valence-corrected chi connectivity index (χ0v) is 17.8. The maximum Gasteiger partial charge on any atom is 0.261 e. The average molecular weight is 380 g/mol. The number of amides is 1. The van der Waals surface area contributed by atoms with Crippen LogP contribution in [0.3, 0.4) is 0 Å². The van der Waals surface area contributed by atoms with E-state index in [0.717, 1.165) is 12.2 Å². The molecule has 3 rings (SSSR count). The Kier molecular flexibility index (Phi) is 6.12. The Morgan fingerprint density at radius 2 is 1.75 bits per heavy atom. The van der Waals surface area contributed by atoms with E-state index in [0.29, 0.717) is 6.42 Å². The highest BCUT2D eigenvalue weighted by Crippen LogP contribution is 2.26. The topological polar surface area (TPSA) is 38.3 Å². The molecule has 2 atom stereocenters. The molecule has 1 aliphatic carbocycles. The van der Waals surface area contributed by atoms with Gasteiger partial charge in [-0.2, -0.15) is 0 Å². The minimum absolute atomic E-state index is 0.0284. The number of carbonyl (C=O) groups excluding carboxylic acids is 1. The van der Waals surface area contributed by atoms with Gasteiger partial charge in [-0.1, -0.05) is 58.0 Å². The number of ether oxygens (including phenoxy) is 1. The van der Waals surface area contributed by atoms with Crippen LogP contribution in [0.4, 0.5) is 0 Å². The van der Waals surface area contributed by atoms with E-state index in [4.69, 9.17) is 4.74 Å². The van der Waals surface area contributed by atoms with E-state index >= 15 is 0 Å². The molecule has 1 amide bonds. The lowest BCUT2D eigenvalue weighted by Crippen LogP contribution is -2.39. The maximum absolute atomic E-state index is 12.8. The summed E-state index contributed by atoms with van der Waals surface area (Å²) in [7, 11) is 0. The molecule has 3 heteroatoms. The highest BCUT2D eigenvalue weighted by atomic mass is 16.5. The molecule has 2 aromatic carbocycles. The predicted molar refractivity (Wildman–Crippen MR) is 115 cm³/mol. The molecule has 1 aliphatic rings. The number of aryl methyl sites for hydroxylation is 2. The van der Waals surface area contributed by atoms with E-state index in [1.807, 2.05) is 26.0 Å². The predicted octanol–water partition coefficient (Wildman–Crippen LogP) is 5.51. The van der Waals surface area contributed by atoms with E-state index in [9.17, 15) is 4.79 Å². The van der Waals surface area contributed by atoms with Crippen molar-refractivity contribution in [3.63, 3.8) is 0 Å². The van der Waals surface area contributed by atoms with Gasteiger partial charge in [0.25, 0.3) is 5.91 Å². The van der Waals surface area contributed by atoms with Gasteiger partial charge in [0, 0.05) is 0 Å². The molecule has 0 aliphatic heterocycles. The fraction of sp³-hybridized carbons (Fsp3) is 0.480. The largest absolute Gasteiger partial charge is 0.481 e. The molecule has 0 saturated heterocycles. The summed E-state index contributed by atoms with van der Waals surface area (Å²) >= 11 is 0. The summed E-state index contributed by atoms with van der Waals surface area (Å²) in [5.41, 5.74) is 5.41. The number of carbonyl (C=O) groups is 1. The fourth-order valence-electron chi connectivity index (χ4n) is 3.77. The van der Waals surface area contributed by atoms with Gasteiger partial charge in [0.15, 0.2) is 6.10 Å². The SMILES string of the molecule is CC[C@H](Oc1ccc(C(C)(C)C)cc1)C(=O)N[C@H](C)c1ccc2c(c1)CCC2. The minimum atomic E-state index is -0.489. The Morgan fingerprint density at radius 1 is 1.07 bits per heavy atom.